The molecule has 2 aromatic carbocycles. The lowest BCUT2D eigenvalue weighted by molar-refractivity contribution is 0.0933. The van der Waals surface area contributed by atoms with Gasteiger partial charge in [0.2, 0.25) is 0 Å². The maximum atomic E-state index is 12.0. The number of nitrogens with one attached hydrogen (secondary N) is 2. The first kappa shape index (κ1) is 12.4. The Bertz CT molecular complexity index is 623. The third kappa shape index (κ3) is 2.69. The molecule has 0 radical (unpaired) electrons. The Morgan fingerprint density at radius 2 is 1.70 bits per heavy atom. The molecule has 1 aliphatic rings. The van der Waals surface area contributed by atoms with E-state index in [1.807, 2.05) is 48.5 Å². The van der Waals surface area contributed by atoms with Crippen LogP contribution in [0.5, 0.6) is 0 Å². The van der Waals surface area contributed by atoms with Crippen molar-refractivity contribution in [2.24, 2.45) is 5.10 Å². The van der Waals surface area contributed by atoms with E-state index in [2.05, 4.69) is 15.8 Å². The van der Waals surface area contributed by atoms with E-state index in [-0.39, 0.29) is 12.1 Å². The zero-order valence-corrected chi connectivity index (χ0v) is 10.9. The number of hydrogen-bond acceptors (Lipinski definition) is 3. The molecule has 1 amide bonds. The SMILES string of the molecule is O=C(NC1CC(c2ccccc2)=NN1)c1ccccc1. The highest BCUT2D eigenvalue weighted by atomic mass is 16.1. The predicted octanol–water partition coefficient (Wildman–Crippen LogP) is 2.14. The fourth-order valence-corrected chi connectivity index (χ4v) is 2.17. The first-order valence-corrected chi connectivity index (χ1v) is 6.56. The largest absolute Gasteiger partial charge is 0.330 e. The Hall–Kier alpha value is -2.62. The van der Waals surface area contributed by atoms with E-state index in [0.29, 0.717) is 12.0 Å². The third-order valence-electron chi connectivity index (χ3n) is 3.20. The van der Waals surface area contributed by atoms with Crippen LogP contribution in [0, 0.1) is 0 Å². The van der Waals surface area contributed by atoms with Gasteiger partial charge in [0, 0.05) is 12.0 Å². The van der Waals surface area contributed by atoms with Crippen molar-refractivity contribution in [2.75, 3.05) is 0 Å². The summed E-state index contributed by atoms with van der Waals surface area (Å²) in [4.78, 5) is 12.0. The molecule has 2 aromatic rings. The van der Waals surface area contributed by atoms with Crippen molar-refractivity contribution in [3.63, 3.8) is 0 Å². The van der Waals surface area contributed by atoms with Gasteiger partial charge in [-0.3, -0.25) is 10.2 Å². The minimum atomic E-state index is -0.155. The highest BCUT2D eigenvalue weighted by Crippen LogP contribution is 2.11. The van der Waals surface area contributed by atoms with Crippen LogP contribution in [0.4, 0.5) is 0 Å². The van der Waals surface area contributed by atoms with Gasteiger partial charge in [0.15, 0.2) is 0 Å². The lowest BCUT2D eigenvalue weighted by Gasteiger charge is -2.12. The standard InChI is InChI=1S/C16H15N3O/c20-16(13-9-5-2-6-10-13)17-15-11-14(18-19-15)12-7-3-1-4-8-12/h1-10,15,19H,11H2,(H,17,20). The van der Waals surface area contributed by atoms with Gasteiger partial charge in [-0.25, -0.2) is 0 Å². The van der Waals surface area contributed by atoms with Gasteiger partial charge in [0.05, 0.1) is 5.71 Å². The summed E-state index contributed by atoms with van der Waals surface area (Å²) in [5.74, 6) is -0.0902. The van der Waals surface area contributed by atoms with Crippen LogP contribution in [0.2, 0.25) is 0 Å². The quantitative estimate of drug-likeness (QED) is 0.893. The second-order valence-electron chi connectivity index (χ2n) is 4.65. The van der Waals surface area contributed by atoms with E-state index in [9.17, 15) is 4.79 Å². The maximum absolute atomic E-state index is 12.0. The van der Waals surface area contributed by atoms with Crippen molar-refractivity contribution < 1.29 is 4.79 Å². The Balaban J connectivity index is 1.61. The molecule has 1 unspecified atom stereocenters. The first-order valence-electron chi connectivity index (χ1n) is 6.56. The Morgan fingerprint density at radius 1 is 1.05 bits per heavy atom. The predicted molar refractivity (Wildman–Crippen MR) is 78.4 cm³/mol. The maximum Gasteiger partial charge on any atom is 0.252 e. The van der Waals surface area contributed by atoms with Crippen molar-refractivity contribution in [3.05, 3.63) is 71.8 Å². The smallest absolute Gasteiger partial charge is 0.252 e. The van der Waals surface area contributed by atoms with Crippen LogP contribution in [-0.4, -0.2) is 17.8 Å². The fourth-order valence-electron chi connectivity index (χ4n) is 2.17. The van der Waals surface area contributed by atoms with Crippen LogP contribution >= 0.6 is 0 Å². The average molecular weight is 265 g/mol. The van der Waals surface area contributed by atoms with Crippen LogP contribution in [-0.2, 0) is 0 Å². The summed E-state index contributed by atoms with van der Waals surface area (Å²) >= 11 is 0. The number of rotatable bonds is 3. The Kier molecular flexibility index (Phi) is 3.46. The van der Waals surface area contributed by atoms with Crippen molar-refractivity contribution in [3.8, 4) is 0 Å². The monoisotopic (exact) mass is 265 g/mol. The molecule has 100 valence electrons. The number of amides is 1. The lowest BCUT2D eigenvalue weighted by Crippen LogP contribution is -2.40. The summed E-state index contributed by atoms with van der Waals surface area (Å²) < 4.78 is 0. The van der Waals surface area contributed by atoms with E-state index >= 15 is 0 Å². The van der Waals surface area contributed by atoms with Gasteiger partial charge in [0.1, 0.15) is 6.17 Å². The fraction of sp³-hybridized carbons (Fsp3) is 0.125. The van der Waals surface area contributed by atoms with Crippen LogP contribution in [0.15, 0.2) is 65.8 Å². The molecular formula is C16H15N3O. The highest BCUT2D eigenvalue weighted by molar-refractivity contribution is 6.02. The molecule has 1 aliphatic heterocycles. The van der Waals surface area contributed by atoms with Gasteiger partial charge < -0.3 is 5.32 Å². The van der Waals surface area contributed by atoms with Crippen molar-refractivity contribution in [2.45, 2.75) is 12.6 Å². The van der Waals surface area contributed by atoms with Crippen LogP contribution in [0.1, 0.15) is 22.3 Å². The molecule has 0 spiro atoms. The number of nitrogens with zero attached hydrogens (tertiary/aromatic N) is 1. The third-order valence-corrected chi connectivity index (χ3v) is 3.20. The second-order valence-corrected chi connectivity index (χ2v) is 4.65. The average Bonchev–Trinajstić information content (AvgIpc) is 2.97. The Labute approximate surface area is 117 Å². The molecule has 0 aliphatic carbocycles. The molecule has 0 fully saturated rings. The van der Waals surface area contributed by atoms with Gasteiger partial charge >= 0.3 is 0 Å². The summed E-state index contributed by atoms with van der Waals surface area (Å²) in [5.41, 5.74) is 5.66. The minimum Gasteiger partial charge on any atom is -0.330 e. The summed E-state index contributed by atoms with van der Waals surface area (Å²) in [6.45, 7) is 0. The van der Waals surface area contributed by atoms with Crippen molar-refractivity contribution in [1.82, 2.24) is 10.7 Å². The number of carbonyl (C=O) groups excluding carboxylic acids is 1. The molecule has 0 aromatic heterocycles. The minimum absolute atomic E-state index is 0.0902. The molecule has 4 heteroatoms. The number of carbonyl (C=O) groups is 1. The summed E-state index contributed by atoms with van der Waals surface area (Å²) in [6.07, 6.45) is 0.528. The molecule has 0 saturated carbocycles. The van der Waals surface area contributed by atoms with Crippen molar-refractivity contribution >= 4 is 11.6 Å². The van der Waals surface area contributed by atoms with Crippen LogP contribution in [0.25, 0.3) is 0 Å². The zero-order valence-electron chi connectivity index (χ0n) is 10.9. The molecule has 0 bridgehead atoms. The van der Waals surface area contributed by atoms with E-state index < -0.39 is 0 Å². The normalized spacial score (nSPS) is 17.2. The lowest BCUT2D eigenvalue weighted by atomic mass is 10.1. The highest BCUT2D eigenvalue weighted by Gasteiger charge is 2.21. The van der Waals surface area contributed by atoms with Gasteiger partial charge in [-0.1, -0.05) is 48.5 Å². The molecule has 3 rings (SSSR count). The van der Waals surface area contributed by atoms with E-state index in [0.717, 1.165) is 11.3 Å². The second kappa shape index (κ2) is 5.57. The molecule has 0 saturated heterocycles. The number of benzene rings is 2. The molecule has 1 heterocycles. The molecule has 20 heavy (non-hydrogen) atoms. The summed E-state index contributed by atoms with van der Waals surface area (Å²) in [6, 6.07) is 19.1. The number of hydrazone groups is 1. The van der Waals surface area contributed by atoms with Crippen molar-refractivity contribution in [1.29, 1.82) is 0 Å². The van der Waals surface area contributed by atoms with Gasteiger partial charge in [-0.05, 0) is 17.7 Å². The molecule has 1 atom stereocenters. The Morgan fingerprint density at radius 3 is 2.40 bits per heavy atom. The molecule has 4 nitrogen and oxygen atoms in total. The number of hydrogen-bond donors (Lipinski definition) is 2. The summed E-state index contributed by atoms with van der Waals surface area (Å²) in [7, 11) is 0. The first-order chi connectivity index (χ1) is 9.83. The van der Waals surface area contributed by atoms with E-state index in [1.54, 1.807) is 12.1 Å². The topological polar surface area (TPSA) is 53.5 Å². The van der Waals surface area contributed by atoms with E-state index in [4.69, 9.17) is 0 Å². The van der Waals surface area contributed by atoms with Crippen LogP contribution in [0.3, 0.4) is 0 Å². The molecule has 2 N–H and O–H groups in total. The zero-order chi connectivity index (χ0) is 13.8. The van der Waals surface area contributed by atoms with Gasteiger partial charge in [-0.2, -0.15) is 5.10 Å². The summed E-state index contributed by atoms with van der Waals surface area (Å²) in [5, 5.41) is 7.22. The van der Waals surface area contributed by atoms with Gasteiger partial charge in [0.25, 0.3) is 5.91 Å². The van der Waals surface area contributed by atoms with E-state index in [1.165, 1.54) is 0 Å². The van der Waals surface area contributed by atoms with Crippen LogP contribution < -0.4 is 10.7 Å². The molecular weight excluding hydrogens is 250 g/mol. The van der Waals surface area contributed by atoms with Gasteiger partial charge in [-0.15, -0.1) is 0 Å².